The van der Waals surface area contributed by atoms with Gasteiger partial charge in [-0.05, 0) is 43.9 Å². The van der Waals surface area contributed by atoms with Crippen molar-refractivity contribution in [3.63, 3.8) is 0 Å². The van der Waals surface area contributed by atoms with E-state index < -0.39 is 23.5 Å². The third-order valence-electron chi connectivity index (χ3n) is 6.82. The second-order valence-electron chi connectivity index (χ2n) is 9.07. The largest absolute Gasteiger partial charge is 0.548 e. The van der Waals surface area contributed by atoms with Crippen molar-refractivity contribution in [2.24, 2.45) is 5.92 Å². The molecule has 35 heavy (non-hydrogen) atoms. The van der Waals surface area contributed by atoms with Crippen molar-refractivity contribution in [3.8, 4) is 11.1 Å². The Balaban J connectivity index is 1.82. The molecular formula is C28H28NO6-. The number of nitrogens with one attached hydrogen (secondary N) is 1. The number of hydrogen-bond donors (Lipinski definition) is 1. The summed E-state index contributed by atoms with van der Waals surface area (Å²) in [5, 5.41) is 15.6. The maximum Gasteiger partial charge on any atom is 0.340 e. The smallest absolute Gasteiger partial charge is 0.340 e. The zero-order chi connectivity index (χ0) is 25.4. The summed E-state index contributed by atoms with van der Waals surface area (Å²) in [6.07, 6.45) is 0.260. The summed E-state index contributed by atoms with van der Waals surface area (Å²) >= 11 is 0. The van der Waals surface area contributed by atoms with Crippen LogP contribution >= 0.6 is 0 Å². The van der Waals surface area contributed by atoms with Crippen LogP contribution in [0.3, 0.4) is 0 Å². The minimum absolute atomic E-state index is 0.191. The monoisotopic (exact) mass is 474 g/mol. The fourth-order valence-corrected chi connectivity index (χ4v) is 4.60. The van der Waals surface area contributed by atoms with Crippen LogP contribution in [0, 0.1) is 26.7 Å². The molecule has 4 rings (SSSR count). The molecule has 0 aliphatic carbocycles. The van der Waals surface area contributed by atoms with Crippen LogP contribution in [0.5, 0.6) is 0 Å². The van der Waals surface area contributed by atoms with Crippen LogP contribution in [0.4, 0.5) is 0 Å². The molecule has 0 saturated carbocycles. The van der Waals surface area contributed by atoms with Crippen LogP contribution in [0.1, 0.15) is 42.7 Å². The number of aryl methyl sites for hydroxylation is 3. The first-order chi connectivity index (χ1) is 16.6. The van der Waals surface area contributed by atoms with Crippen molar-refractivity contribution in [1.82, 2.24) is 5.32 Å². The third-order valence-corrected chi connectivity index (χ3v) is 6.82. The fourth-order valence-electron chi connectivity index (χ4n) is 4.60. The van der Waals surface area contributed by atoms with Gasteiger partial charge in [0, 0.05) is 21.9 Å². The maximum absolute atomic E-state index is 12.9. The summed E-state index contributed by atoms with van der Waals surface area (Å²) in [6, 6.07) is 10.7. The normalized spacial score (nSPS) is 13.2. The highest BCUT2D eigenvalue weighted by molar-refractivity contribution is 6.06. The molecule has 0 aliphatic heterocycles. The van der Waals surface area contributed by atoms with E-state index in [-0.39, 0.29) is 17.9 Å². The van der Waals surface area contributed by atoms with Gasteiger partial charge in [0.15, 0.2) is 0 Å². The molecule has 7 nitrogen and oxygen atoms in total. The Bertz CT molecular complexity index is 1500. The van der Waals surface area contributed by atoms with Crippen molar-refractivity contribution in [3.05, 3.63) is 69.3 Å². The number of furan rings is 1. The lowest BCUT2D eigenvalue weighted by molar-refractivity contribution is -0.309. The van der Waals surface area contributed by atoms with Crippen molar-refractivity contribution < 1.29 is 23.5 Å². The Morgan fingerprint density at radius 2 is 1.66 bits per heavy atom. The number of carboxylic acids is 1. The summed E-state index contributed by atoms with van der Waals surface area (Å²) in [5.74, 6) is -1.48. The number of fused-ring (bicyclic) bond motifs is 2. The van der Waals surface area contributed by atoms with Gasteiger partial charge < -0.3 is 24.1 Å². The van der Waals surface area contributed by atoms with Crippen molar-refractivity contribution in [1.29, 1.82) is 0 Å². The lowest BCUT2D eigenvalue weighted by atomic mass is 9.96. The number of carbonyl (C=O) groups is 2. The van der Waals surface area contributed by atoms with Gasteiger partial charge in [-0.1, -0.05) is 50.6 Å². The van der Waals surface area contributed by atoms with E-state index >= 15 is 0 Å². The number of carbonyl (C=O) groups excluding carboxylic acids is 2. The highest BCUT2D eigenvalue weighted by Gasteiger charge is 2.24. The van der Waals surface area contributed by atoms with Crippen molar-refractivity contribution in [2.75, 3.05) is 0 Å². The molecule has 0 aliphatic rings. The van der Waals surface area contributed by atoms with Crippen LogP contribution in [0.15, 0.2) is 50.0 Å². The molecule has 0 bridgehead atoms. The number of hydrogen-bond acceptors (Lipinski definition) is 6. The van der Waals surface area contributed by atoms with E-state index in [1.54, 1.807) is 13.8 Å². The number of benzene rings is 2. The minimum atomic E-state index is -1.35. The predicted molar refractivity (Wildman–Crippen MR) is 132 cm³/mol. The average molecular weight is 475 g/mol. The quantitative estimate of drug-likeness (QED) is 0.406. The zero-order valence-corrected chi connectivity index (χ0v) is 20.5. The van der Waals surface area contributed by atoms with E-state index in [1.165, 1.54) is 0 Å². The van der Waals surface area contributed by atoms with Gasteiger partial charge in [-0.3, -0.25) is 4.79 Å². The van der Waals surface area contributed by atoms with Crippen LogP contribution in [0.25, 0.3) is 33.1 Å². The van der Waals surface area contributed by atoms with E-state index in [0.717, 1.165) is 22.3 Å². The Labute approximate surface area is 202 Å². The van der Waals surface area contributed by atoms with E-state index in [4.69, 9.17) is 8.83 Å². The average Bonchev–Trinajstić information content (AvgIpc) is 3.17. The molecule has 4 aromatic rings. The molecule has 7 heteroatoms. The molecule has 0 unspecified atom stereocenters. The van der Waals surface area contributed by atoms with Gasteiger partial charge in [-0.25, -0.2) is 4.79 Å². The summed E-state index contributed by atoms with van der Waals surface area (Å²) in [7, 11) is 0. The van der Waals surface area contributed by atoms with Crippen molar-refractivity contribution >= 4 is 33.8 Å². The first-order valence-electron chi connectivity index (χ1n) is 11.7. The van der Waals surface area contributed by atoms with E-state index in [9.17, 15) is 19.5 Å². The molecule has 2 heterocycles. The van der Waals surface area contributed by atoms with Gasteiger partial charge in [0.25, 0.3) is 0 Å². The number of aliphatic carboxylic acids is 1. The summed E-state index contributed by atoms with van der Waals surface area (Å²) in [5.41, 5.74) is 3.90. The van der Waals surface area contributed by atoms with Crippen molar-refractivity contribution in [2.45, 2.75) is 53.5 Å². The first kappa shape index (κ1) is 24.3. The number of amides is 1. The molecule has 2 atom stereocenters. The molecule has 0 spiro atoms. The SMILES string of the molecule is CC[C@@H](C)[C@H](NC(=O)Cc1c(C)c2cc3c(-c4ccccc4)c(C)oc3c(C)c2oc1=O)C(=O)[O-]. The Morgan fingerprint density at radius 3 is 2.29 bits per heavy atom. The van der Waals surface area contributed by atoms with Gasteiger partial charge in [-0.15, -0.1) is 0 Å². The second kappa shape index (κ2) is 9.41. The Kier molecular flexibility index (Phi) is 6.52. The minimum Gasteiger partial charge on any atom is -0.548 e. The molecule has 0 radical (unpaired) electrons. The number of carboxylic acid groups (broad SMARTS) is 1. The van der Waals surface area contributed by atoms with Gasteiger partial charge in [-0.2, -0.15) is 0 Å². The van der Waals surface area contributed by atoms with Gasteiger partial charge in [0.2, 0.25) is 5.91 Å². The van der Waals surface area contributed by atoms with E-state index in [0.29, 0.717) is 34.1 Å². The van der Waals surface area contributed by atoms with Gasteiger partial charge in [0.1, 0.15) is 16.9 Å². The Hall–Kier alpha value is -3.87. The first-order valence-corrected chi connectivity index (χ1v) is 11.7. The second-order valence-corrected chi connectivity index (χ2v) is 9.07. The zero-order valence-electron chi connectivity index (χ0n) is 20.5. The fraction of sp³-hybridized carbons (Fsp3) is 0.321. The van der Waals surface area contributed by atoms with Crippen LogP contribution in [-0.4, -0.2) is 17.9 Å². The molecular weight excluding hydrogens is 446 g/mol. The summed E-state index contributed by atoms with van der Waals surface area (Å²) in [6.45, 7) is 9.07. The van der Waals surface area contributed by atoms with Gasteiger partial charge in [0.05, 0.1) is 24.0 Å². The summed E-state index contributed by atoms with van der Waals surface area (Å²) in [4.78, 5) is 37.1. The third kappa shape index (κ3) is 4.34. The lowest BCUT2D eigenvalue weighted by Crippen LogP contribution is -2.51. The Morgan fingerprint density at radius 1 is 1.00 bits per heavy atom. The standard InChI is InChI=1S/C28H29NO6/c1-6-14(2)24(27(31)32)29-22(30)13-20-15(3)19-12-21-23(18-10-8-7-9-11-18)17(5)34-26(21)16(4)25(19)35-28(20)33/h7-12,14,24H,6,13H2,1-5H3,(H,29,30)(H,31,32)/p-1/t14-,24+/m1/s1. The maximum atomic E-state index is 12.9. The lowest BCUT2D eigenvalue weighted by Gasteiger charge is -2.25. The number of rotatable bonds is 7. The van der Waals surface area contributed by atoms with Gasteiger partial charge >= 0.3 is 5.63 Å². The molecule has 1 N–H and O–H groups in total. The van der Waals surface area contributed by atoms with E-state index in [2.05, 4.69) is 5.32 Å². The van der Waals surface area contributed by atoms with Crippen LogP contribution in [0.2, 0.25) is 0 Å². The highest BCUT2D eigenvalue weighted by Crippen LogP contribution is 2.39. The topological polar surface area (TPSA) is 113 Å². The highest BCUT2D eigenvalue weighted by atomic mass is 16.4. The predicted octanol–water partition coefficient (Wildman–Crippen LogP) is 3.95. The molecule has 0 fully saturated rings. The molecule has 1 amide bonds. The summed E-state index contributed by atoms with van der Waals surface area (Å²) < 4.78 is 11.7. The van der Waals surface area contributed by atoms with E-state index in [1.807, 2.05) is 57.2 Å². The molecule has 182 valence electrons. The molecule has 0 saturated heterocycles. The van der Waals surface area contributed by atoms with Crippen LogP contribution < -0.4 is 16.0 Å². The molecule has 2 aromatic heterocycles. The molecule has 2 aromatic carbocycles. The van der Waals surface area contributed by atoms with Crippen LogP contribution in [-0.2, 0) is 16.0 Å².